The summed E-state index contributed by atoms with van der Waals surface area (Å²) in [5, 5.41) is 0. The monoisotopic (exact) mass is 380 g/mol. The average molecular weight is 380 g/mol. The van der Waals surface area contributed by atoms with Gasteiger partial charge >= 0.3 is 0 Å². The fraction of sp³-hybridized carbons (Fsp3) is 0.364. The highest BCUT2D eigenvalue weighted by molar-refractivity contribution is 5.91. The van der Waals surface area contributed by atoms with Crippen molar-refractivity contribution >= 4 is 11.8 Å². The van der Waals surface area contributed by atoms with Crippen LogP contribution in [0.1, 0.15) is 30.9 Å². The first kappa shape index (κ1) is 18.3. The molecule has 0 bridgehead atoms. The summed E-state index contributed by atoms with van der Waals surface area (Å²) in [6, 6.07) is 15.2. The van der Waals surface area contributed by atoms with E-state index in [0.717, 1.165) is 11.1 Å². The minimum absolute atomic E-state index is 0.0120. The maximum atomic E-state index is 13.2. The Bertz CT molecular complexity index is 868. The number of likely N-dealkylation sites (N-methyl/N-ethyl adjacent to an activating group) is 1. The molecule has 1 saturated heterocycles. The van der Waals surface area contributed by atoms with Crippen LogP contribution in [0.2, 0.25) is 0 Å². The molecule has 6 heteroatoms. The normalized spacial score (nSPS) is 17.8. The Morgan fingerprint density at radius 2 is 1.89 bits per heavy atom. The SMILES string of the molecule is CCN(Cc1ccccc1)C(=O)C1CCC(=O)N1Cc1ccc2c(c1)OCO2. The first-order valence-corrected chi connectivity index (χ1v) is 9.66. The summed E-state index contributed by atoms with van der Waals surface area (Å²) >= 11 is 0. The van der Waals surface area contributed by atoms with Crippen LogP contribution in [0.4, 0.5) is 0 Å². The Kier molecular flexibility index (Phi) is 5.19. The predicted molar refractivity (Wildman–Crippen MR) is 104 cm³/mol. The second-order valence-corrected chi connectivity index (χ2v) is 7.10. The molecule has 2 aliphatic rings. The highest BCUT2D eigenvalue weighted by atomic mass is 16.7. The van der Waals surface area contributed by atoms with Crippen molar-refractivity contribution in [3.05, 3.63) is 59.7 Å². The van der Waals surface area contributed by atoms with Crippen molar-refractivity contribution in [2.24, 2.45) is 0 Å². The van der Waals surface area contributed by atoms with E-state index in [1.165, 1.54) is 0 Å². The molecule has 4 rings (SSSR count). The third kappa shape index (κ3) is 3.67. The smallest absolute Gasteiger partial charge is 0.245 e. The maximum Gasteiger partial charge on any atom is 0.245 e. The molecular formula is C22H24N2O4. The standard InChI is InChI=1S/C22H24N2O4/c1-2-23(13-16-6-4-3-5-7-16)22(26)18-9-11-21(25)24(18)14-17-8-10-19-20(12-17)28-15-27-19/h3-8,10,12,18H,2,9,11,13-15H2,1H3. The van der Waals surface area contributed by atoms with Crippen LogP contribution in [0.15, 0.2) is 48.5 Å². The third-order valence-electron chi connectivity index (χ3n) is 5.31. The molecular weight excluding hydrogens is 356 g/mol. The van der Waals surface area contributed by atoms with Crippen molar-refractivity contribution in [3.8, 4) is 11.5 Å². The van der Waals surface area contributed by atoms with Gasteiger partial charge in [0.15, 0.2) is 11.5 Å². The lowest BCUT2D eigenvalue weighted by atomic mass is 10.1. The van der Waals surface area contributed by atoms with Crippen LogP contribution in [0.5, 0.6) is 11.5 Å². The second-order valence-electron chi connectivity index (χ2n) is 7.10. The first-order valence-electron chi connectivity index (χ1n) is 9.66. The Labute approximate surface area is 164 Å². The lowest BCUT2D eigenvalue weighted by Crippen LogP contribution is -2.46. The largest absolute Gasteiger partial charge is 0.454 e. The molecule has 28 heavy (non-hydrogen) atoms. The number of hydrogen-bond acceptors (Lipinski definition) is 4. The van der Waals surface area contributed by atoms with Gasteiger partial charge in [0.25, 0.3) is 0 Å². The van der Waals surface area contributed by atoms with Gasteiger partial charge in [-0.2, -0.15) is 0 Å². The lowest BCUT2D eigenvalue weighted by molar-refractivity contribution is -0.142. The molecule has 146 valence electrons. The molecule has 2 aliphatic heterocycles. The zero-order chi connectivity index (χ0) is 19.5. The van der Waals surface area contributed by atoms with Gasteiger partial charge in [-0.05, 0) is 36.6 Å². The van der Waals surface area contributed by atoms with E-state index >= 15 is 0 Å². The molecule has 0 radical (unpaired) electrons. The number of ether oxygens (including phenoxy) is 2. The lowest BCUT2D eigenvalue weighted by Gasteiger charge is -2.30. The van der Waals surface area contributed by atoms with Gasteiger partial charge in [0.05, 0.1) is 0 Å². The molecule has 1 unspecified atom stereocenters. The predicted octanol–water partition coefficient (Wildman–Crippen LogP) is 2.96. The summed E-state index contributed by atoms with van der Waals surface area (Å²) in [6.45, 7) is 3.75. The quantitative estimate of drug-likeness (QED) is 0.773. The van der Waals surface area contributed by atoms with Crippen molar-refractivity contribution in [2.45, 2.75) is 38.9 Å². The number of benzene rings is 2. The van der Waals surface area contributed by atoms with Crippen molar-refractivity contribution in [2.75, 3.05) is 13.3 Å². The van der Waals surface area contributed by atoms with Crippen molar-refractivity contribution in [1.82, 2.24) is 9.80 Å². The molecule has 2 aromatic carbocycles. The van der Waals surface area contributed by atoms with Crippen LogP contribution in [0, 0.1) is 0 Å². The Morgan fingerprint density at radius 3 is 2.68 bits per heavy atom. The molecule has 1 fully saturated rings. The van der Waals surface area contributed by atoms with Gasteiger partial charge in [0, 0.05) is 26.1 Å². The molecule has 2 heterocycles. The molecule has 2 amide bonds. The van der Waals surface area contributed by atoms with E-state index < -0.39 is 6.04 Å². The van der Waals surface area contributed by atoms with Gasteiger partial charge in [-0.1, -0.05) is 36.4 Å². The summed E-state index contributed by atoms with van der Waals surface area (Å²) in [7, 11) is 0. The van der Waals surface area contributed by atoms with Gasteiger partial charge in [-0.25, -0.2) is 0 Å². The van der Waals surface area contributed by atoms with Crippen LogP contribution >= 0.6 is 0 Å². The topological polar surface area (TPSA) is 59.1 Å². The van der Waals surface area contributed by atoms with Gasteiger partial charge in [0.1, 0.15) is 6.04 Å². The number of likely N-dealkylation sites (tertiary alicyclic amines) is 1. The number of amides is 2. The van der Waals surface area contributed by atoms with Crippen molar-refractivity contribution in [3.63, 3.8) is 0 Å². The highest BCUT2D eigenvalue weighted by Gasteiger charge is 2.38. The van der Waals surface area contributed by atoms with Crippen LogP contribution in [-0.2, 0) is 22.7 Å². The zero-order valence-electron chi connectivity index (χ0n) is 16.0. The van der Waals surface area contributed by atoms with Gasteiger partial charge < -0.3 is 19.3 Å². The summed E-state index contributed by atoms with van der Waals surface area (Å²) in [6.07, 6.45) is 0.970. The van der Waals surface area contributed by atoms with Crippen LogP contribution in [0.3, 0.4) is 0 Å². The van der Waals surface area contributed by atoms with Crippen molar-refractivity contribution in [1.29, 1.82) is 0 Å². The van der Waals surface area contributed by atoms with Gasteiger partial charge in [-0.3, -0.25) is 9.59 Å². The number of fused-ring (bicyclic) bond motifs is 1. The number of hydrogen-bond donors (Lipinski definition) is 0. The fourth-order valence-electron chi connectivity index (χ4n) is 3.78. The molecule has 0 spiro atoms. The second kappa shape index (κ2) is 7.92. The van der Waals surface area contributed by atoms with Crippen LogP contribution in [0.25, 0.3) is 0 Å². The zero-order valence-corrected chi connectivity index (χ0v) is 16.0. The van der Waals surface area contributed by atoms with Crippen molar-refractivity contribution < 1.29 is 19.1 Å². The minimum atomic E-state index is -0.415. The Morgan fingerprint density at radius 1 is 1.11 bits per heavy atom. The highest BCUT2D eigenvalue weighted by Crippen LogP contribution is 2.33. The van der Waals surface area contributed by atoms with Gasteiger partial charge in [0.2, 0.25) is 18.6 Å². The number of rotatable bonds is 6. The molecule has 1 atom stereocenters. The molecule has 0 aliphatic carbocycles. The first-order chi connectivity index (χ1) is 13.7. The number of carbonyl (C=O) groups excluding carboxylic acids is 2. The fourth-order valence-corrected chi connectivity index (χ4v) is 3.78. The molecule has 0 N–H and O–H groups in total. The summed E-state index contributed by atoms with van der Waals surface area (Å²) in [5.74, 6) is 1.43. The number of carbonyl (C=O) groups is 2. The Balaban J connectivity index is 1.49. The Hall–Kier alpha value is -3.02. The number of nitrogens with zero attached hydrogens (tertiary/aromatic N) is 2. The van der Waals surface area contributed by atoms with E-state index in [2.05, 4.69) is 0 Å². The van der Waals surface area contributed by atoms with E-state index in [9.17, 15) is 9.59 Å². The molecule has 2 aromatic rings. The van der Waals surface area contributed by atoms with E-state index in [0.29, 0.717) is 44.0 Å². The summed E-state index contributed by atoms with van der Waals surface area (Å²) in [4.78, 5) is 29.2. The minimum Gasteiger partial charge on any atom is -0.454 e. The summed E-state index contributed by atoms with van der Waals surface area (Å²) < 4.78 is 10.8. The third-order valence-corrected chi connectivity index (χ3v) is 5.31. The van der Waals surface area contributed by atoms with E-state index in [-0.39, 0.29) is 18.6 Å². The van der Waals surface area contributed by atoms with E-state index in [1.54, 1.807) is 4.90 Å². The molecule has 0 saturated carbocycles. The average Bonchev–Trinajstić information content (AvgIpc) is 3.33. The molecule has 0 aromatic heterocycles. The van der Waals surface area contributed by atoms with E-state index in [1.807, 2.05) is 60.4 Å². The van der Waals surface area contributed by atoms with Crippen LogP contribution < -0.4 is 9.47 Å². The molecule has 6 nitrogen and oxygen atoms in total. The van der Waals surface area contributed by atoms with Crippen LogP contribution in [-0.4, -0.2) is 41.0 Å². The summed E-state index contributed by atoms with van der Waals surface area (Å²) in [5.41, 5.74) is 2.02. The van der Waals surface area contributed by atoms with E-state index in [4.69, 9.17) is 9.47 Å². The maximum absolute atomic E-state index is 13.2. The van der Waals surface area contributed by atoms with Gasteiger partial charge in [-0.15, -0.1) is 0 Å².